The van der Waals surface area contributed by atoms with Crippen molar-refractivity contribution in [2.24, 2.45) is 0 Å². The van der Waals surface area contributed by atoms with Crippen molar-refractivity contribution in [3.05, 3.63) is 76.8 Å². The number of carbonyl (C=O) groups excluding carboxylic acids is 1. The highest BCUT2D eigenvalue weighted by Gasteiger charge is 2.36. The Morgan fingerprint density at radius 2 is 1.87 bits per heavy atom. The topological polar surface area (TPSA) is 40.9 Å². The molecule has 0 amide bonds. The number of nitriles is 1. The van der Waals surface area contributed by atoms with Crippen LogP contribution in [0.2, 0.25) is 0 Å². The summed E-state index contributed by atoms with van der Waals surface area (Å²) >= 11 is 0. The number of piperidine rings is 1. The number of carbonyl (C=O) groups is 1. The molecule has 0 saturated carbocycles. The highest BCUT2D eigenvalue weighted by Crippen LogP contribution is 2.32. The molecule has 0 N–H and O–H groups in total. The third kappa shape index (κ3) is 5.39. The van der Waals surface area contributed by atoms with E-state index in [0.717, 1.165) is 42.4 Å². The smallest absolute Gasteiger partial charge is 0.192 e. The summed E-state index contributed by atoms with van der Waals surface area (Å²) in [6.07, 6.45) is 4.72. The number of hydrogen-bond donors (Lipinski definition) is 0. The first kappa shape index (κ1) is 24.3. The zero-order valence-electron chi connectivity index (χ0n) is 18.3. The summed E-state index contributed by atoms with van der Waals surface area (Å²) in [7, 11) is 0. The predicted molar refractivity (Wildman–Crippen MR) is 117 cm³/mol. The molecule has 3 rings (SSSR count). The number of quaternary nitrogens is 1. The fourth-order valence-electron chi connectivity index (χ4n) is 4.90. The number of rotatable bonds is 7. The number of Topliss-reactive ketones (excluding diaryl/α,β-unsaturated/α-hetero) is 1. The summed E-state index contributed by atoms with van der Waals surface area (Å²) in [4.78, 5) is 13.6. The molecule has 0 spiro atoms. The van der Waals surface area contributed by atoms with Crippen LogP contribution in [0, 0.1) is 31.7 Å². The van der Waals surface area contributed by atoms with Crippen LogP contribution in [0.15, 0.2) is 42.5 Å². The van der Waals surface area contributed by atoms with Gasteiger partial charge in [-0.15, -0.1) is 13.0 Å². The fourth-order valence-corrected chi connectivity index (χ4v) is 4.90. The third-order valence-corrected chi connectivity index (χ3v) is 6.43. The monoisotopic (exact) mass is 467 g/mol. The van der Waals surface area contributed by atoms with E-state index in [1.807, 2.05) is 18.2 Å². The van der Waals surface area contributed by atoms with E-state index in [1.54, 1.807) is 0 Å². The molecule has 1 heterocycles. The Bertz CT molecular complexity index is 889. The van der Waals surface area contributed by atoms with Crippen LogP contribution in [-0.4, -0.2) is 22.9 Å². The molecule has 2 atom stereocenters. The highest BCUT2D eigenvalue weighted by molar-refractivity contribution is 5.85. The van der Waals surface area contributed by atoms with E-state index in [0.29, 0.717) is 17.8 Å². The van der Waals surface area contributed by atoms with Gasteiger partial charge in [-0.2, -0.15) is 5.26 Å². The lowest BCUT2D eigenvalue weighted by atomic mass is 9.91. The molecule has 30 heavy (non-hydrogen) atoms. The molecule has 1 aliphatic heterocycles. The van der Waals surface area contributed by atoms with E-state index in [9.17, 15) is 10.1 Å². The molecule has 160 valence electrons. The van der Waals surface area contributed by atoms with Crippen LogP contribution in [0.1, 0.15) is 60.4 Å². The lowest BCUT2D eigenvalue weighted by Gasteiger charge is -2.55. The Morgan fingerprint density at radius 1 is 1.17 bits per heavy atom. The molecule has 0 aromatic heterocycles. The van der Waals surface area contributed by atoms with Crippen LogP contribution in [-0.2, 0) is 17.8 Å². The number of ketones is 1. The zero-order valence-corrected chi connectivity index (χ0v) is 19.9. The Balaban J connectivity index is 0.00000320. The van der Waals surface area contributed by atoms with Crippen LogP contribution in [0.3, 0.4) is 0 Å². The number of aryl methyl sites for hydroxylation is 2. The summed E-state index contributed by atoms with van der Waals surface area (Å²) in [5.74, 6) is 0.333. The maximum atomic E-state index is 13.6. The largest absolute Gasteiger partial charge is 1.00 e. The summed E-state index contributed by atoms with van der Waals surface area (Å²) in [5, 5.41) is 9.27. The molecular weight excluding hydrogens is 436 g/mol. The standard InChI is InChI=1S/C26H32N2O.BrH/c1-4-25(26(29)17-24-20(2)10-8-11-21(24)3)28(14-6-5-7-15-28)19-23-13-9-12-22(16-23)18-27;/h8-14,16,25H,4-7,15,17,19H2,1-3H3;1H/p-1. The van der Waals surface area contributed by atoms with Crippen LogP contribution >= 0.6 is 0 Å². The summed E-state index contributed by atoms with van der Waals surface area (Å²) in [5.41, 5.74) is 5.40. The third-order valence-electron chi connectivity index (χ3n) is 6.43. The van der Waals surface area contributed by atoms with E-state index in [-0.39, 0.29) is 23.0 Å². The first-order chi connectivity index (χ1) is 14.0. The maximum absolute atomic E-state index is 13.6. The Kier molecular flexibility index (Phi) is 8.82. The molecule has 0 radical (unpaired) electrons. The van der Waals surface area contributed by atoms with Crippen LogP contribution < -0.4 is 17.0 Å². The van der Waals surface area contributed by atoms with Crippen molar-refractivity contribution in [3.63, 3.8) is 0 Å². The molecule has 2 aromatic rings. The van der Waals surface area contributed by atoms with Gasteiger partial charge in [0.15, 0.2) is 5.78 Å². The van der Waals surface area contributed by atoms with Crippen molar-refractivity contribution in [3.8, 4) is 6.07 Å². The normalized spacial score (nSPS) is 19.4. The van der Waals surface area contributed by atoms with Crippen molar-refractivity contribution in [1.29, 1.82) is 5.26 Å². The zero-order chi connectivity index (χ0) is 20.9. The molecule has 0 bridgehead atoms. The second-order valence-electron chi connectivity index (χ2n) is 8.41. The number of benzene rings is 2. The van der Waals surface area contributed by atoms with Gasteiger partial charge in [-0.05, 0) is 49.1 Å². The van der Waals surface area contributed by atoms with E-state index < -0.39 is 0 Å². The SMILES string of the molecule is CCC(C(=O)Cc1c(C)cccc1C)[N+]1(Cc2cccc(C#N)c2)[CH-]CCCC1.[Br-]. The first-order valence-corrected chi connectivity index (χ1v) is 10.8. The van der Waals surface area contributed by atoms with Crippen molar-refractivity contribution in [2.75, 3.05) is 6.54 Å². The molecule has 3 nitrogen and oxygen atoms in total. The quantitative estimate of drug-likeness (QED) is 0.463. The van der Waals surface area contributed by atoms with Gasteiger partial charge in [-0.1, -0.05) is 43.7 Å². The van der Waals surface area contributed by atoms with Gasteiger partial charge in [0.05, 0.1) is 24.7 Å². The minimum absolute atomic E-state index is 0. The molecule has 1 fully saturated rings. The molecular formula is C26H32BrN2O-. The number of hydrogen-bond acceptors (Lipinski definition) is 2. The van der Waals surface area contributed by atoms with Crippen LogP contribution in [0.5, 0.6) is 0 Å². The van der Waals surface area contributed by atoms with Gasteiger partial charge in [0.1, 0.15) is 6.04 Å². The van der Waals surface area contributed by atoms with E-state index in [1.165, 1.54) is 23.1 Å². The van der Waals surface area contributed by atoms with Gasteiger partial charge in [-0.3, -0.25) is 4.79 Å². The Morgan fingerprint density at radius 3 is 2.47 bits per heavy atom. The van der Waals surface area contributed by atoms with Gasteiger partial charge in [0.2, 0.25) is 0 Å². The van der Waals surface area contributed by atoms with Gasteiger partial charge < -0.3 is 21.5 Å². The van der Waals surface area contributed by atoms with E-state index in [4.69, 9.17) is 0 Å². The van der Waals surface area contributed by atoms with Gasteiger partial charge >= 0.3 is 0 Å². The minimum atomic E-state index is -0.0416. The van der Waals surface area contributed by atoms with E-state index >= 15 is 0 Å². The first-order valence-electron chi connectivity index (χ1n) is 10.8. The summed E-state index contributed by atoms with van der Waals surface area (Å²) < 4.78 is 0.717. The predicted octanol–water partition coefficient (Wildman–Crippen LogP) is 2.43. The number of nitrogens with zero attached hydrogens (tertiary/aromatic N) is 2. The minimum Gasteiger partial charge on any atom is -1.00 e. The lowest BCUT2D eigenvalue weighted by molar-refractivity contribution is -0.932. The highest BCUT2D eigenvalue weighted by atomic mass is 79.9. The van der Waals surface area contributed by atoms with Gasteiger partial charge in [0.25, 0.3) is 0 Å². The average Bonchev–Trinajstić information content (AvgIpc) is 2.72. The van der Waals surface area contributed by atoms with E-state index in [2.05, 4.69) is 57.7 Å². The molecule has 1 aliphatic rings. The fraction of sp³-hybridized carbons (Fsp3) is 0.423. The maximum Gasteiger partial charge on any atom is 0.192 e. The Labute approximate surface area is 192 Å². The summed E-state index contributed by atoms with van der Waals surface area (Å²) in [6, 6.07) is 16.3. The molecule has 4 heteroatoms. The second-order valence-corrected chi connectivity index (χ2v) is 8.41. The average molecular weight is 468 g/mol. The van der Waals surface area contributed by atoms with Crippen molar-refractivity contribution >= 4 is 5.78 Å². The van der Waals surface area contributed by atoms with Crippen LogP contribution in [0.25, 0.3) is 0 Å². The van der Waals surface area contributed by atoms with Gasteiger partial charge in [-0.25, -0.2) is 0 Å². The lowest BCUT2D eigenvalue weighted by Crippen LogP contribution is -3.00. The van der Waals surface area contributed by atoms with Crippen molar-refractivity contribution < 1.29 is 26.3 Å². The molecule has 2 aromatic carbocycles. The molecule has 0 aliphatic carbocycles. The number of halogens is 1. The summed E-state index contributed by atoms with van der Waals surface area (Å²) in [6.45, 7) is 10.5. The van der Waals surface area contributed by atoms with Gasteiger partial charge in [0, 0.05) is 18.4 Å². The van der Waals surface area contributed by atoms with Crippen molar-refractivity contribution in [1.82, 2.24) is 0 Å². The number of likely N-dealkylation sites (tertiary alicyclic amines) is 1. The van der Waals surface area contributed by atoms with Crippen LogP contribution in [0.4, 0.5) is 0 Å². The second kappa shape index (κ2) is 10.9. The molecule has 2 unspecified atom stereocenters. The van der Waals surface area contributed by atoms with Crippen molar-refractivity contribution in [2.45, 2.75) is 65.5 Å². The Hall–Kier alpha value is -1.96. The molecule has 1 saturated heterocycles.